The maximum Gasteiger partial charge on any atom is 0.234 e. The fraction of sp³-hybridized carbons (Fsp3) is 0.0200. The van der Waals surface area contributed by atoms with E-state index in [0.29, 0.717) is 35.1 Å². The molecule has 15 aromatic carbocycles. The molecule has 0 saturated carbocycles. The van der Waals surface area contributed by atoms with Crippen LogP contribution < -0.4 is 14.7 Å². The Bertz CT molecular complexity index is 6510. The lowest BCUT2D eigenvalue weighted by molar-refractivity contribution is 0.653. The highest BCUT2D eigenvalue weighted by atomic mass is 15.3. The van der Waals surface area contributed by atoms with Crippen molar-refractivity contribution in [2.45, 2.75) is 12.0 Å². The Morgan fingerprint density at radius 1 is 0.227 bits per heavy atom. The van der Waals surface area contributed by atoms with Crippen LogP contribution in [-0.2, 0) is 0 Å². The number of hydrogen-bond acceptors (Lipinski definition) is 9. The van der Waals surface area contributed by atoms with E-state index in [2.05, 4.69) is 353 Å². The van der Waals surface area contributed by atoms with Crippen molar-refractivity contribution in [1.82, 2.24) is 34.5 Å². The zero-order chi connectivity index (χ0) is 72.6. The molecule has 6 heterocycles. The monoisotopic (exact) mass is 1410 g/mol. The van der Waals surface area contributed by atoms with Crippen LogP contribution in [0, 0.1) is 0 Å². The number of rotatable bonds is 12. The summed E-state index contributed by atoms with van der Waals surface area (Å²) in [6.45, 7) is 0. The molecule has 10 heteroatoms. The predicted molar refractivity (Wildman–Crippen MR) is 447 cm³/mol. The van der Waals surface area contributed by atoms with Crippen molar-refractivity contribution in [2.75, 3.05) is 14.7 Å². The summed E-state index contributed by atoms with van der Waals surface area (Å²) in [7, 11) is 0. The van der Waals surface area contributed by atoms with Gasteiger partial charge in [0.15, 0.2) is 29.1 Å². The average Bonchev–Trinajstić information content (AvgIpc) is 1.56. The normalized spacial score (nSPS) is 13.8. The van der Waals surface area contributed by atoms with E-state index in [4.69, 9.17) is 29.9 Å². The second-order valence-corrected chi connectivity index (χ2v) is 28.1. The van der Waals surface area contributed by atoms with Gasteiger partial charge in [0, 0.05) is 84.1 Å². The molecular weight excluding hydrogens is 1340 g/mol. The van der Waals surface area contributed by atoms with Gasteiger partial charge in [-0.15, -0.1) is 0 Å². The van der Waals surface area contributed by atoms with Crippen LogP contribution in [-0.4, -0.2) is 34.5 Å². The summed E-state index contributed by atoms with van der Waals surface area (Å²) in [5, 5.41) is 1.17. The molecule has 3 aliphatic rings. The first-order valence-corrected chi connectivity index (χ1v) is 37.3. The molecule has 0 aliphatic carbocycles. The lowest BCUT2D eigenvalue weighted by atomic mass is 9.84. The molecular formula is C100H66N10. The highest BCUT2D eigenvalue weighted by Crippen LogP contribution is 2.62. The first-order chi connectivity index (χ1) is 54.6. The van der Waals surface area contributed by atoms with Crippen LogP contribution in [0.2, 0.25) is 0 Å². The first kappa shape index (κ1) is 63.7. The zero-order valence-corrected chi connectivity index (χ0v) is 59.6. The van der Waals surface area contributed by atoms with Crippen LogP contribution in [0.1, 0.15) is 28.7 Å². The number of fused-ring (bicyclic) bond motifs is 14. The number of benzene rings is 15. The van der Waals surface area contributed by atoms with E-state index >= 15 is 0 Å². The number of nitrogens with zero attached hydrogens (tertiary/aromatic N) is 10. The van der Waals surface area contributed by atoms with E-state index < -0.39 is 0 Å². The molecule has 2 unspecified atom stereocenters. The minimum absolute atomic E-state index is 0.110. The maximum absolute atomic E-state index is 5.43. The van der Waals surface area contributed by atoms with Gasteiger partial charge in [0.05, 0.1) is 40.0 Å². The molecule has 110 heavy (non-hydrogen) atoms. The molecule has 2 atom stereocenters. The summed E-state index contributed by atoms with van der Waals surface area (Å²) in [6.07, 6.45) is 0. The minimum Gasteiger partial charge on any atom is -0.310 e. The first-order valence-electron chi connectivity index (χ1n) is 37.3. The molecule has 3 aliphatic heterocycles. The highest BCUT2D eigenvalue weighted by Gasteiger charge is 2.47. The van der Waals surface area contributed by atoms with E-state index in [1.807, 2.05) is 54.6 Å². The van der Waals surface area contributed by atoms with E-state index in [9.17, 15) is 0 Å². The predicted octanol–water partition coefficient (Wildman–Crippen LogP) is 25.3. The molecule has 0 N–H and O–H groups in total. The summed E-state index contributed by atoms with van der Waals surface area (Å²) >= 11 is 0. The van der Waals surface area contributed by atoms with Gasteiger partial charge in [-0.05, 0) is 129 Å². The Morgan fingerprint density at radius 2 is 0.600 bits per heavy atom. The molecule has 10 nitrogen and oxygen atoms in total. The van der Waals surface area contributed by atoms with Crippen LogP contribution in [0.15, 0.2) is 388 Å². The average molecular weight is 1410 g/mol. The number of anilines is 8. The van der Waals surface area contributed by atoms with Crippen LogP contribution in [0.5, 0.6) is 0 Å². The summed E-state index contributed by atoms with van der Waals surface area (Å²) in [5.74, 6) is 3.45. The van der Waals surface area contributed by atoms with Gasteiger partial charge in [0.25, 0.3) is 0 Å². The van der Waals surface area contributed by atoms with Crippen molar-refractivity contribution in [3.63, 3.8) is 0 Å². The molecule has 18 aromatic rings. The van der Waals surface area contributed by atoms with Gasteiger partial charge in [-0.3, -0.25) is 0 Å². The third-order valence-corrected chi connectivity index (χ3v) is 21.7. The Balaban J connectivity index is 0.658. The lowest BCUT2D eigenvalue weighted by Crippen LogP contribution is -2.25. The standard InChI is InChI=1S/C100H66N10/c1-6-30-65(31-7-1)74-61-75(64-78(63-74)108-86-51-23-17-45-80(86)92-82-47-19-25-53-88(82)110(94(92)84-49-21-27-55-90(84)108)100-105-97(68-34-10-3-11-35-68)104-98(106-100)69-36-12-4-13-37-69)72-39-28-38-71(60-72)66-56-58-70(59-57-66)96-101-95(67-32-8-2-9-33-67)102-99(103-96)73-40-29-43-77(62-73)109-87-52-24-18-46-81(87)91-79-44-16-22-50-85(79)107(76-41-14-5-15-42-76)89-54-26-20-48-83(89)93(91)109/h1-64,92,94H. The summed E-state index contributed by atoms with van der Waals surface area (Å²) in [6, 6.07) is 138. The summed E-state index contributed by atoms with van der Waals surface area (Å²) in [4.78, 5) is 39.2. The van der Waals surface area contributed by atoms with E-state index in [1.54, 1.807) is 0 Å². The molecule has 516 valence electrons. The van der Waals surface area contributed by atoms with E-state index in [-0.39, 0.29) is 12.0 Å². The second-order valence-electron chi connectivity index (χ2n) is 28.1. The van der Waals surface area contributed by atoms with Gasteiger partial charge in [0.2, 0.25) is 5.95 Å². The second kappa shape index (κ2) is 26.7. The molecule has 0 amide bonds. The van der Waals surface area contributed by atoms with Crippen LogP contribution in [0.3, 0.4) is 0 Å². The van der Waals surface area contributed by atoms with Gasteiger partial charge in [-0.25, -0.2) is 19.9 Å². The minimum atomic E-state index is -0.250. The lowest BCUT2D eigenvalue weighted by Gasteiger charge is -2.31. The Morgan fingerprint density at radius 3 is 1.23 bits per heavy atom. The molecule has 21 rings (SSSR count). The van der Waals surface area contributed by atoms with Gasteiger partial charge in [-0.2, -0.15) is 9.97 Å². The van der Waals surface area contributed by atoms with Crippen molar-refractivity contribution in [3.05, 3.63) is 405 Å². The fourth-order valence-electron chi connectivity index (χ4n) is 16.8. The number of aromatic nitrogens is 7. The molecule has 0 fully saturated rings. The maximum atomic E-state index is 5.43. The molecule has 0 spiro atoms. The summed E-state index contributed by atoms with van der Waals surface area (Å²) in [5.41, 5.74) is 28.8. The smallest absolute Gasteiger partial charge is 0.234 e. The number of para-hydroxylation sites is 7. The van der Waals surface area contributed by atoms with Crippen molar-refractivity contribution >= 4 is 56.7 Å². The number of hydrogen-bond donors (Lipinski definition) is 0. The quantitative estimate of drug-likeness (QED) is 0.119. The zero-order valence-electron chi connectivity index (χ0n) is 59.6. The molecule has 0 bridgehead atoms. The van der Waals surface area contributed by atoms with Gasteiger partial charge in [-0.1, -0.05) is 303 Å². The van der Waals surface area contributed by atoms with E-state index in [0.717, 1.165) is 135 Å². The van der Waals surface area contributed by atoms with Crippen molar-refractivity contribution < 1.29 is 0 Å². The van der Waals surface area contributed by atoms with Crippen molar-refractivity contribution in [2.24, 2.45) is 0 Å². The molecule has 0 saturated heterocycles. The fourth-order valence-corrected chi connectivity index (χ4v) is 16.8. The SMILES string of the molecule is c1ccc(-c2cc(-c3cccc(-c4ccc(-c5nc(-c6ccccc6)nc(-c6cccc(-n7c8c(c9ccccc97)-c7ccccc7N(c7ccccc7)c7ccccc7-8)c6)n5)cc4)c3)cc(N3c4ccccc4C4c5ccccc5N(c5nc(-c6ccccc6)nc(-c6ccccc6)n5)C4c4ccccc43)c2)cc1. The van der Waals surface area contributed by atoms with Crippen LogP contribution in [0.4, 0.5) is 45.8 Å². The van der Waals surface area contributed by atoms with Crippen LogP contribution >= 0.6 is 0 Å². The van der Waals surface area contributed by atoms with E-state index in [1.165, 1.54) is 22.1 Å². The Kier molecular flexibility index (Phi) is 15.5. The van der Waals surface area contributed by atoms with Gasteiger partial charge < -0.3 is 19.3 Å². The third-order valence-electron chi connectivity index (χ3n) is 21.7. The third kappa shape index (κ3) is 10.9. The molecule has 0 radical (unpaired) electrons. The topological polar surface area (TPSA) is 92.0 Å². The van der Waals surface area contributed by atoms with Crippen molar-refractivity contribution in [3.8, 4) is 118 Å². The Hall–Kier alpha value is -14.7. The van der Waals surface area contributed by atoms with Crippen molar-refractivity contribution in [1.29, 1.82) is 0 Å². The van der Waals surface area contributed by atoms with Gasteiger partial charge >= 0.3 is 0 Å². The van der Waals surface area contributed by atoms with Gasteiger partial charge in [0.1, 0.15) is 0 Å². The largest absolute Gasteiger partial charge is 0.310 e. The summed E-state index contributed by atoms with van der Waals surface area (Å²) < 4.78 is 2.43. The Labute approximate surface area is 637 Å². The molecule has 3 aromatic heterocycles. The van der Waals surface area contributed by atoms with Crippen LogP contribution in [0.25, 0.3) is 129 Å². The highest BCUT2D eigenvalue weighted by molar-refractivity contribution is 6.13.